The van der Waals surface area contributed by atoms with Crippen LogP contribution in [0.1, 0.15) is 36.8 Å². The Hall–Kier alpha value is -2.68. The fourth-order valence-corrected chi connectivity index (χ4v) is 14.3. The molecule has 7 nitrogen and oxygen atoms in total. The zero-order chi connectivity index (χ0) is 29.4. The quantitative estimate of drug-likeness (QED) is 0.512. The number of rotatable bonds is 2. The lowest BCUT2D eigenvalue weighted by Crippen LogP contribution is -2.81. The molecule has 0 aromatic heterocycles. The summed E-state index contributed by atoms with van der Waals surface area (Å²) >= 11 is 0. The van der Waals surface area contributed by atoms with E-state index in [0.29, 0.717) is 47.8 Å². The summed E-state index contributed by atoms with van der Waals surface area (Å²) in [6, 6.07) is 20.7. The molecule has 6 bridgehead atoms. The molecule has 10 aliphatic rings. The maximum absolute atomic E-state index is 10.3. The van der Waals surface area contributed by atoms with Crippen LogP contribution < -0.4 is 9.80 Å². The summed E-state index contributed by atoms with van der Waals surface area (Å²) in [4.78, 5) is 11.3. The van der Waals surface area contributed by atoms with Gasteiger partial charge in [-0.25, -0.2) is 0 Å². The first kappa shape index (κ1) is 25.4. The van der Waals surface area contributed by atoms with E-state index in [0.717, 1.165) is 39.0 Å². The molecular formula is C38H42N4O3. The van der Waals surface area contributed by atoms with Gasteiger partial charge in [0.15, 0.2) is 0 Å². The number of hydrogen-bond donors (Lipinski definition) is 2. The highest BCUT2D eigenvalue weighted by Crippen LogP contribution is 2.72. The van der Waals surface area contributed by atoms with Crippen molar-refractivity contribution in [3.63, 3.8) is 0 Å². The third kappa shape index (κ3) is 2.58. The molecule has 2 aliphatic carbocycles. The van der Waals surface area contributed by atoms with Gasteiger partial charge < -0.3 is 24.7 Å². The van der Waals surface area contributed by atoms with Gasteiger partial charge in [-0.05, 0) is 73.9 Å². The highest BCUT2D eigenvalue weighted by atomic mass is 16.5. The number of benzene rings is 2. The Bertz CT molecular complexity index is 1600. The number of anilines is 2. The molecule has 232 valence electrons. The van der Waals surface area contributed by atoms with Crippen molar-refractivity contribution in [1.29, 1.82) is 0 Å². The van der Waals surface area contributed by atoms with E-state index in [1.165, 1.54) is 35.4 Å². The van der Waals surface area contributed by atoms with Crippen LogP contribution in [0.2, 0.25) is 0 Å². The van der Waals surface area contributed by atoms with E-state index in [1.807, 2.05) is 0 Å². The molecule has 2 aromatic rings. The third-order valence-corrected chi connectivity index (χ3v) is 15.2. The standard InChI is InChI=1S/C38H42N4O3/c43-15-9-21-19-39-13-11-37-25-5-1-3-7-27(25)41-33(37)31(23(21)17-29(37)39)36-42-28-8-4-2-6-26(28)38-12-14-40-20-22(10-16-44)24(18-30(38)40)32(34(38)42)35(41)45-36/h1-10,23-24,29-36,43-44H,11-20H2/b21-9-,22-10?/t23-,24+,29-,30-,31-,32-,33-,34-,35-,36+,37+,38+/m0/s1. The van der Waals surface area contributed by atoms with Crippen LogP contribution in [0.5, 0.6) is 0 Å². The van der Waals surface area contributed by atoms with Crippen molar-refractivity contribution >= 4 is 11.4 Å². The van der Waals surface area contributed by atoms with Gasteiger partial charge in [-0.1, -0.05) is 59.7 Å². The highest BCUT2D eigenvalue weighted by molar-refractivity contribution is 5.73. The Labute approximate surface area is 264 Å². The number of piperidine rings is 2. The van der Waals surface area contributed by atoms with Crippen LogP contribution in [0.4, 0.5) is 11.4 Å². The van der Waals surface area contributed by atoms with E-state index in [4.69, 9.17) is 4.74 Å². The number of fused-ring (bicyclic) bond motifs is 14. The van der Waals surface area contributed by atoms with Gasteiger partial charge in [0.25, 0.3) is 0 Å². The Balaban J connectivity index is 1.15. The molecule has 0 amide bonds. The van der Waals surface area contributed by atoms with Gasteiger partial charge in [0.1, 0.15) is 12.5 Å². The molecule has 2 aromatic carbocycles. The van der Waals surface area contributed by atoms with Gasteiger partial charge in [0.2, 0.25) is 0 Å². The molecule has 8 fully saturated rings. The van der Waals surface area contributed by atoms with Gasteiger partial charge in [-0.3, -0.25) is 9.80 Å². The Morgan fingerprint density at radius 1 is 0.689 bits per heavy atom. The van der Waals surface area contributed by atoms with Gasteiger partial charge in [-0.2, -0.15) is 0 Å². The average Bonchev–Trinajstić information content (AvgIpc) is 3.81. The molecule has 2 N–H and O–H groups in total. The lowest BCUT2D eigenvalue weighted by Gasteiger charge is -2.69. The second-order valence-electron chi connectivity index (χ2n) is 16.0. The molecule has 7 heteroatoms. The van der Waals surface area contributed by atoms with E-state index >= 15 is 0 Å². The number of para-hydroxylation sites is 2. The van der Waals surface area contributed by atoms with Crippen molar-refractivity contribution in [1.82, 2.24) is 9.80 Å². The number of hydrogen-bond acceptors (Lipinski definition) is 7. The van der Waals surface area contributed by atoms with Crippen LogP contribution >= 0.6 is 0 Å². The number of nitrogens with zero attached hydrogens (tertiary/aromatic N) is 4. The van der Waals surface area contributed by atoms with Crippen LogP contribution in [0.25, 0.3) is 0 Å². The maximum atomic E-state index is 10.3. The van der Waals surface area contributed by atoms with Crippen LogP contribution in [-0.4, -0.2) is 96.0 Å². The van der Waals surface area contributed by atoms with Crippen LogP contribution in [-0.2, 0) is 15.6 Å². The largest absolute Gasteiger partial charge is 0.392 e. The van der Waals surface area contributed by atoms with E-state index in [2.05, 4.69) is 80.3 Å². The fourth-order valence-electron chi connectivity index (χ4n) is 14.3. The van der Waals surface area contributed by atoms with Crippen molar-refractivity contribution in [2.75, 3.05) is 49.2 Å². The Kier molecular flexibility index (Phi) is 4.65. The minimum absolute atomic E-state index is 0.0163. The summed E-state index contributed by atoms with van der Waals surface area (Å²) in [7, 11) is 0. The summed E-state index contributed by atoms with van der Waals surface area (Å²) in [6.07, 6.45) is 9.08. The lowest BCUT2D eigenvalue weighted by molar-refractivity contribution is -0.198. The second-order valence-corrected chi connectivity index (χ2v) is 16.0. The third-order valence-electron chi connectivity index (χ3n) is 15.2. The first-order valence-corrected chi connectivity index (χ1v) is 17.7. The van der Waals surface area contributed by atoms with Crippen molar-refractivity contribution < 1.29 is 14.9 Å². The van der Waals surface area contributed by atoms with Gasteiger partial charge >= 0.3 is 0 Å². The highest BCUT2D eigenvalue weighted by Gasteiger charge is 2.78. The fraction of sp³-hybridized carbons (Fsp3) is 0.579. The topological polar surface area (TPSA) is 62.7 Å². The second kappa shape index (κ2) is 8.23. The van der Waals surface area contributed by atoms with Crippen molar-refractivity contribution in [2.24, 2.45) is 23.7 Å². The molecule has 12 rings (SSSR count). The smallest absolute Gasteiger partial charge is 0.138 e. The van der Waals surface area contributed by atoms with Crippen LogP contribution in [0.3, 0.4) is 0 Å². The first-order valence-electron chi connectivity index (χ1n) is 17.7. The molecule has 6 saturated heterocycles. The van der Waals surface area contributed by atoms with E-state index in [-0.39, 0.29) is 36.5 Å². The Morgan fingerprint density at radius 3 is 1.62 bits per heavy atom. The number of aliphatic hydroxyl groups excluding tert-OH is 2. The van der Waals surface area contributed by atoms with Gasteiger partial charge in [-0.15, -0.1) is 0 Å². The molecule has 0 radical (unpaired) electrons. The average molecular weight is 603 g/mol. The van der Waals surface area contributed by atoms with E-state index in [1.54, 1.807) is 11.1 Å². The van der Waals surface area contributed by atoms with E-state index in [9.17, 15) is 10.2 Å². The van der Waals surface area contributed by atoms with Crippen molar-refractivity contribution in [3.8, 4) is 0 Å². The minimum Gasteiger partial charge on any atom is -0.392 e. The number of aliphatic hydroxyl groups is 2. The van der Waals surface area contributed by atoms with Crippen molar-refractivity contribution in [3.05, 3.63) is 83.0 Å². The monoisotopic (exact) mass is 602 g/mol. The lowest BCUT2D eigenvalue weighted by atomic mass is 9.51. The van der Waals surface area contributed by atoms with Crippen LogP contribution in [0, 0.1) is 23.7 Å². The van der Waals surface area contributed by atoms with Gasteiger partial charge in [0.05, 0.1) is 25.3 Å². The summed E-state index contributed by atoms with van der Waals surface area (Å²) in [5, 5.41) is 20.5. The summed E-state index contributed by atoms with van der Waals surface area (Å²) in [5.74, 6) is 1.48. The van der Waals surface area contributed by atoms with E-state index < -0.39 is 0 Å². The first-order chi connectivity index (χ1) is 22.2. The summed E-state index contributed by atoms with van der Waals surface area (Å²) in [5.41, 5.74) is 9.11. The Morgan fingerprint density at radius 2 is 1.16 bits per heavy atom. The molecule has 2 spiro atoms. The maximum Gasteiger partial charge on any atom is 0.138 e. The molecular weight excluding hydrogens is 560 g/mol. The zero-order valence-corrected chi connectivity index (χ0v) is 25.7. The van der Waals surface area contributed by atoms with Crippen LogP contribution in [0.15, 0.2) is 71.8 Å². The predicted molar refractivity (Wildman–Crippen MR) is 171 cm³/mol. The predicted octanol–water partition coefficient (Wildman–Crippen LogP) is 3.22. The zero-order valence-electron chi connectivity index (χ0n) is 25.7. The van der Waals surface area contributed by atoms with Crippen molar-refractivity contribution in [2.45, 2.75) is 73.1 Å². The molecule has 12 atom stereocenters. The number of ether oxygens (including phenoxy) is 1. The summed E-state index contributed by atoms with van der Waals surface area (Å²) in [6.45, 7) is 4.47. The molecule has 8 heterocycles. The van der Waals surface area contributed by atoms with Gasteiger partial charge in [0, 0.05) is 59.2 Å². The molecule has 0 unspecified atom stereocenters. The molecule has 8 aliphatic heterocycles. The minimum atomic E-state index is 0.0163. The normalized spacial score (nSPS) is 48.9. The SMILES string of the molecule is OCC=C1CN2CC[C@@]34c5ccccc5N5[C@@H]6O[C@@H]([C@@H]([C@@H]1C[C@H]23)[C@H]54)N1c2ccccc2[C@]23CCN4C/C(=C/CO)[C@H](C[C@H]42)[C@H]6[C@H]13. The molecule has 45 heavy (non-hydrogen) atoms. The molecule has 2 saturated carbocycles. The summed E-state index contributed by atoms with van der Waals surface area (Å²) < 4.78 is 7.72.